The van der Waals surface area contributed by atoms with E-state index in [4.69, 9.17) is 23.2 Å². The van der Waals surface area contributed by atoms with Crippen LogP contribution in [-0.4, -0.2) is 37.3 Å². The number of hydrogen-bond acceptors (Lipinski definition) is 5. The first-order chi connectivity index (χ1) is 12.6. The Hall–Kier alpha value is -1.47. The lowest BCUT2D eigenvalue weighted by atomic mass is 10.1. The lowest BCUT2D eigenvalue weighted by Gasteiger charge is -2.25. The molecule has 0 aliphatic carbocycles. The van der Waals surface area contributed by atoms with Gasteiger partial charge in [-0.15, -0.1) is 0 Å². The van der Waals surface area contributed by atoms with Crippen LogP contribution in [0.2, 0.25) is 10.0 Å². The Kier molecular flexibility index (Phi) is 5.27. The molecule has 0 saturated carbocycles. The van der Waals surface area contributed by atoms with Gasteiger partial charge in [-0.25, -0.2) is 4.09 Å². The van der Waals surface area contributed by atoms with Gasteiger partial charge in [0.25, 0.3) is 0 Å². The van der Waals surface area contributed by atoms with Crippen molar-refractivity contribution >= 4 is 46.1 Å². The quantitative estimate of drug-likeness (QED) is 0.658. The van der Waals surface area contributed by atoms with Crippen LogP contribution >= 0.6 is 35.1 Å². The summed E-state index contributed by atoms with van der Waals surface area (Å²) < 4.78 is 1.76. The van der Waals surface area contributed by atoms with E-state index in [9.17, 15) is 5.11 Å². The Bertz CT molecular complexity index is 917. The van der Waals surface area contributed by atoms with Gasteiger partial charge in [0.2, 0.25) is 0 Å². The number of halogens is 2. The number of hydrogen-bond donors (Lipinski definition) is 1. The molecule has 136 valence electrons. The molecular formula is C18H18Cl2N4OS. The second kappa shape index (κ2) is 7.64. The van der Waals surface area contributed by atoms with Crippen molar-refractivity contribution in [3.8, 4) is 5.75 Å². The van der Waals surface area contributed by atoms with Crippen molar-refractivity contribution in [3.05, 3.63) is 46.3 Å². The SMILES string of the molecule is Oc1c(Cl)cc(Sn2cc3cc(CN4CCCCC4)ncc3n2)cc1Cl. The molecule has 0 spiro atoms. The second-order valence-corrected chi connectivity index (χ2v) is 8.27. The van der Waals surface area contributed by atoms with Crippen LogP contribution in [0.25, 0.3) is 10.9 Å². The summed E-state index contributed by atoms with van der Waals surface area (Å²) in [5.41, 5.74) is 1.91. The zero-order chi connectivity index (χ0) is 18.1. The third-order valence-electron chi connectivity index (χ3n) is 4.45. The lowest BCUT2D eigenvalue weighted by molar-refractivity contribution is 0.218. The number of aromatic hydroxyl groups is 1. The fourth-order valence-electron chi connectivity index (χ4n) is 3.13. The summed E-state index contributed by atoms with van der Waals surface area (Å²) in [7, 11) is 0. The molecule has 2 aromatic heterocycles. The number of aromatic nitrogens is 3. The number of phenols is 1. The van der Waals surface area contributed by atoms with Gasteiger partial charge in [-0.3, -0.25) is 9.88 Å². The van der Waals surface area contributed by atoms with Gasteiger partial charge in [0.05, 0.1) is 21.9 Å². The van der Waals surface area contributed by atoms with Crippen molar-refractivity contribution in [2.45, 2.75) is 30.7 Å². The number of piperidine rings is 1. The molecule has 1 aliphatic rings. The smallest absolute Gasteiger partial charge is 0.152 e. The van der Waals surface area contributed by atoms with Gasteiger partial charge in [0.1, 0.15) is 5.52 Å². The monoisotopic (exact) mass is 408 g/mol. The third kappa shape index (κ3) is 3.93. The van der Waals surface area contributed by atoms with Crippen molar-refractivity contribution in [2.24, 2.45) is 0 Å². The van der Waals surface area contributed by atoms with Crippen LogP contribution < -0.4 is 0 Å². The van der Waals surface area contributed by atoms with E-state index in [0.717, 1.165) is 41.1 Å². The van der Waals surface area contributed by atoms with E-state index in [0.29, 0.717) is 0 Å². The molecule has 5 nitrogen and oxygen atoms in total. The number of rotatable bonds is 4. The number of likely N-dealkylation sites (tertiary alicyclic amines) is 1. The van der Waals surface area contributed by atoms with Gasteiger partial charge in [-0.1, -0.05) is 29.6 Å². The van der Waals surface area contributed by atoms with Crippen molar-refractivity contribution in [2.75, 3.05) is 13.1 Å². The molecule has 0 bridgehead atoms. The molecule has 1 saturated heterocycles. The maximum Gasteiger partial charge on any atom is 0.152 e. The van der Waals surface area contributed by atoms with Crippen LogP contribution in [0, 0.1) is 0 Å². The summed E-state index contributed by atoms with van der Waals surface area (Å²) in [5, 5.41) is 15.7. The van der Waals surface area contributed by atoms with Gasteiger partial charge in [-0.2, -0.15) is 5.10 Å². The van der Waals surface area contributed by atoms with Crippen molar-refractivity contribution < 1.29 is 5.11 Å². The van der Waals surface area contributed by atoms with Crippen LogP contribution in [0.4, 0.5) is 0 Å². The third-order valence-corrected chi connectivity index (χ3v) is 5.85. The van der Waals surface area contributed by atoms with E-state index in [-0.39, 0.29) is 15.8 Å². The minimum Gasteiger partial charge on any atom is -0.505 e. The summed E-state index contributed by atoms with van der Waals surface area (Å²) in [5.74, 6) is -0.102. The normalized spacial score (nSPS) is 15.6. The highest BCUT2D eigenvalue weighted by molar-refractivity contribution is 7.97. The number of phenolic OH excluding ortho intramolecular Hbond substituents is 1. The number of pyridine rings is 1. The van der Waals surface area contributed by atoms with Gasteiger partial charge in [0, 0.05) is 35.0 Å². The molecule has 1 aliphatic heterocycles. The number of fused-ring (bicyclic) bond motifs is 1. The molecule has 4 rings (SSSR count). The average Bonchev–Trinajstić information content (AvgIpc) is 3.02. The summed E-state index contributed by atoms with van der Waals surface area (Å²) in [4.78, 5) is 7.81. The average molecular weight is 409 g/mol. The summed E-state index contributed by atoms with van der Waals surface area (Å²) in [6.07, 6.45) is 7.67. The standard InChI is InChI=1S/C18H18Cl2N4OS/c19-15-7-14(8-16(20)18(15)25)26-24-10-12-6-13(21-9-17(12)22-24)11-23-4-2-1-3-5-23/h6-10,25H,1-5,11H2. The molecule has 0 unspecified atom stereocenters. The van der Waals surface area contributed by atoms with Crippen LogP contribution in [0.1, 0.15) is 25.0 Å². The Morgan fingerprint density at radius 2 is 1.81 bits per heavy atom. The van der Waals surface area contributed by atoms with E-state index >= 15 is 0 Å². The largest absolute Gasteiger partial charge is 0.505 e. The van der Waals surface area contributed by atoms with Crippen molar-refractivity contribution in [1.82, 2.24) is 19.1 Å². The molecular weight excluding hydrogens is 391 g/mol. The van der Waals surface area contributed by atoms with E-state index in [1.807, 2.05) is 12.4 Å². The summed E-state index contributed by atoms with van der Waals surface area (Å²) >= 11 is 13.3. The Balaban J connectivity index is 1.53. The molecule has 0 atom stereocenters. The molecule has 3 aromatic rings. The van der Waals surface area contributed by atoms with Crippen LogP contribution in [0.15, 0.2) is 35.5 Å². The summed E-state index contributed by atoms with van der Waals surface area (Å²) in [6, 6.07) is 5.43. The van der Waals surface area contributed by atoms with Crippen LogP contribution in [-0.2, 0) is 6.54 Å². The van der Waals surface area contributed by atoms with Crippen molar-refractivity contribution in [1.29, 1.82) is 0 Å². The van der Waals surface area contributed by atoms with Gasteiger partial charge in [-0.05, 0) is 44.1 Å². The molecule has 0 amide bonds. The molecule has 1 aromatic carbocycles. The highest BCUT2D eigenvalue weighted by atomic mass is 35.5. The Labute approximate surface area is 166 Å². The minimum absolute atomic E-state index is 0.102. The van der Waals surface area contributed by atoms with Crippen LogP contribution in [0.3, 0.4) is 0 Å². The summed E-state index contributed by atoms with van der Waals surface area (Å²) in [6.45, 7) is 3.19. The first kappa shape index (κ1) is 17.9. The predicted molar refractivity (Wildman–Crippen MR) is 106 cm³/mol. The minimum atomic E-state index is -0.102. The lowest BCUT2D eigenvalue weighted by Crippen LogP contribution is -2.29. The first-order valence-electron chi connectivity index (χ1n) is 8.51. The topological polar surface area (TPSA) is 54.2 Å². The highest BCUT2D eigenvalue weighted by Crippen LogP contribution is 2.36. The zero-order valence-electron chi connectivity index (χ0n) is 14.0. The molecule has 0 radical (unpaired) electrons. The predicted octanol–water partition coefficient (Wildman–Crippen LogP) is 4.99. The van der Waals surface area contributed by atoms with Gasteiger partial charge in [0.15, 0.2) is 5.75 Å². The highest BCUT2D eigenvalue weighted by Gasteiger charge is 2.13. The fourth-order valence-corrected chi connectivity index (χ4v) is 4.60. The first-order valence-corrected chi connectivity index (χ1v) is 10.0. The zero-order valence-corrected chi connectivity index (χ0v) is 16.4. The van der Waals surface area contributed by atoms with E-state index in [1.165, 1.54) is 31.2 Å². The number of nitrogens with zero attached hydrogens (tertiary/aromatic N) is 4. The molecule has 26 heavy (non-hydrogen) atoms. The number of benzene rings is 1. The van der Waals surface area contributed by atoms with Gasteiger partial charge >= 0.3 is 0 Å². The molecule has 8 heteroatoms. The fraction of sp³-hybridized carbons (Fsp3) is 0.333. The molecule has 3 heterocycles. The molecule has 1 fully saturated rings. The maximum atomic E-state index is 9.67. The Morgan fingerprint density at radius 1 is 1.08 bits per heavy atom. The van der Waals surface area contributed by atoms with E-state index in [1.54, 1.807) is 16.2 Å². The van der Waals surface area contributed by atoms with E-state index in [2.05, 4.69) is 21.0 Å². The van der Waals surface area contributed by atoms with E-state index < -0.39 is 0 Å². The maximum absolute atomic E-state index is 9.67. The van der Waals surface area contributed by atoms with Crippen molar-refractivity contribution in [3.63, 3.8) is 0 Å². The molecule has 1 N–H and O–H groups in total. The second-order valence-electron chi connectivity index (χ2n) is 6.43. The Morgan fingerprint density at radius 3 is 2.54 bits per heavy atom. The van der Waals surface area contributed by atoms with Crippen LogP contribution in [0.5, 0.6) is 5.75 Å². The van der Waals surface area contributed by atoms with Gasteiger partial charge < -0.3 is 5.11 Å².